The highest BCUT2D eigenvalue weighted by Crippen LogP contribution is 2.26. The summed E-state index contributed by atoms with van der Waals surface area (Å²) >= 11 is 10.2. The Kier molecular flexibility index (Phi) is 4.41. The van der Waals surface area contributed by atoms with Gasteiger partial charge in [-0.25, -0.2) is 4.98 Å². The molecular weight excluding hydrogens is 366 g/mol. The van der Waals surface area contributed by atoms with E-state index in [1.165, 1.54) is 0 Å². The quantitative estimate of drug-likeness (QED) is 0.810. The van der Waals surface area contributed by atoms with E-state index in [9.17, 15) is 0 Å². The van der Waals surface area contributed by atoms with Crippen LogP contribution in [0.1, 0.15) is 0 Å². The predicted molar refractivity (Wildman–Crippen MR) is 63.9 cm³/mol. The number of imidazole rings is 1. The van der Waals surface area contributed by atoms with Crippen molar-refractivity contribution in [2.24, 2.45) is 0 Å². The van der Waals surface area contributed by atoms with Crippen LogP contribution in [0.15, 0.2) is 13.9 Å². The van der Waals surface area contributed by atoms with Crippen molar-refractivity contribution in [2.45, 2.75) is 6.54 Å². The normalized spacial score (nSPS) is 11.2. The van der Waals surface area contributed by atoms with Gasteiger partial charge in [-0.2, -0.15) is 0 Å². The average molecular weight is 376 g/mol. The van der Waals surface area contributed by atoms with Gasteiger partial charge in [-0.15, -0.1) is 0 Å². The van der Waals surface area contributed by atoms with Crippen LogP contribution >= 0.6 is 47.8 Å². The van der Waals surface area contributed by atoms with Crippen molar-refractivity contribution in [1.29, 1.82) is 0 Å². The minimum atomic E-state index is 0.832. The second kappa shape index (κ2) is 4.91. The van der Waals surface area contributed by atoms with Crippen LogP contribution in [-0.4, -0.2) is 35.1 Å². The summed E-state index contributed by atoms with van der Waals surface area (Å²) in [6.45, 7) is 1.90. The molecule has 0 radical (unpaired) electrons. The van der Waals surface area contributed by atoms with Gasteiger partial charge >= 0.3 is 0 Å². The highest BCUT2D eigenvalue weighted by molar-refractivity contribution is 9.13. The second-order valence-corrected chi connectivity index (χ2v) is 5.13. The molecule has 0 atom stereocenters. The van der Waals surface area contributed by atoms with Crippen LogP contribution in [0.25, 0.3) is 0 Å². The summed E-state index contributed by atoms with van der Waals surface area (Å²) in [5.41, 5.74) is 0. The molecule has 1 rings (SSSR count). The maximum atomic E-state index is 4.22. The molecule has 0 fully saturated rings. The van der Waals surface area contributed by atoms with Gasteiger partial charge in [-0.05, 0) is 61.9 Å². The number of hydrogen-bond donors (Lipinski definition) is 0. The monoisotopic (exact) mass is 373 g/mol. The second-order valence-electron chi connectivity index (χ2n) is 2.92. The van der Waals surface area contributed by atoms with E-state index in [0.29, 0.717) is 0 Å². The molecule has 1 aromatic heterocycles. The Morgan fingerprint density at radius 2 is 1.92 bits per heavy atom. The molecule has 1 heterocycles. The smallest absolute Gasteiger partial charge is 0.179 e. The Morgan fingerprint density at radius 3 is 2.31 bits per heavy atom. The van der Waals surface area contributed by atoms with Crippen molar-refractivity contribution < 1.29 is 0 Å². The Balaban J connectivity index is 2.76. The predicted octanol–water partition coefficient (Wildman–Crippen LogP) is 2.73. The van der Waals surface area contributed by atoms with Gasteiger partial charge in [0.2, 0.25) is 0 Å². The van der Waals surface area contributed by atoms with Crippen LogP contribution in [0.2, 0.25) is 0 Å². The molecule has 0 saturated carbocycles. The largest absolute Gasteiger partial charge is 0.311 e. The van der Waals surface area contributed by atoms with Crippen LogP contribution in [0.4, 0.5) is 0 Å². The van der Waals surface area contributed by atoms with Gasteiger partial charge in [0.15, 0.2) is 4.73 Å². The van der Waals surface area contributed by atoms with E-state index in [0.717, 1.165) is 27.0 Å². The molecule has 0 N–H and O–H groups in total. The van der Waals surface area contributed by atoms with Gasteiger partial charge in [0.25, 0.3) is 0 Å². The van der Waals surface area contributed by atoms with E-state index in [1.54, 1.807) is 0 Å². The van der Waals surface area contributed by atoms with Gasteiger partial charge < -0.3 is 9.47 Å². The zero-order chi connectivity index (χ0) is 10.0. The first-order valence-electron chi connectivity index (χ1n) is 3.74. The van der Waals surface area contributed by atoms with E-state index >= 15 is 0 Å². The number of likely N-dealkylation sites (N-methyl/N-ethyl adjacent to an activating group) is 1. The van der Waals surface area contributed by atoms with Gasteiger partial charge in [-0.1, -0.05) is 0 Å². The molecule has 6 heteroatoms. The Hall–Kier alpha value is 0.610. The minimum Gasteiger partial charge on any atom is -0.311 e. The summed E-state index contributed by atoms with van der Waals surface area (Å²) in [7, 11) is 4.10. The lowest BCUT2D eigenvalue weighted by Gasteiger charge is -2.11. The maximum Gasteiger partial charge on any atom is 0.179 e. The summed E-state index contributed by atoms with van der Waals surface area (Å²) in [5, 5.41) is 0. The fourth-order valence-electron chi connectivity index (χ4n) is 0.870. The van der Waals surface area contributed by atoms with Crippen molar-refractivity contribution in [2.75, 3.05) is 20.6 Å². The van der Waals surface area contributed by atoms with Crippen molar-refractivity contribution in [3.05, 3.63) is 13.9 Å². The highest BCUT2D eigenvalue weighted by Gasteiger charge is 2.10. The fourth-order valence-corrected chi connectivity index (χ4v) is 2.69. The van der Waals surface area contributed by atoms with Crippen LogP contribution in [0.5, 0.6) is 0 Å². The van der Waals surface area contributed by atoms with Crippen molar-refractivity contribution >= 4 is 47.8 Å². The minimum absolute atomic E-state index is 0.832. The van der Waals surface area contributed by atoms with Crippen molar-refractivity contribution in [3.8, 4) is 0 Å². The topological polar surface area (TPSA) is 21.1 Å². The lowest BCUT2D eigenvalue weighted by Crippen LogP contribution is -2.18. The molecule has 0 unspecified atom stereocenters. The van der Waals surface area contributed by atoms with Crippen LogP contribution in [-0.2, 0) is 6.54 Å². The van der Waals surface area contributed by atoms with E-state index < -0.39 is 0 Å². The highest BCUT2D eigenvalue weighted by atomic mass is 79.9. The third-order valence-electron chi connectivity index (χ3n) is 1.59. The molecule has 13 heavy (non-hydrogen) atoms. The Morgan fingerprint density at radius 1 is 1.31 bits per heavy atom. The van der Waals surface area contributed by atoms with Crippen LogP contribution in [0, 0.1) is 0 Å². The van der Waals surface area contributed by atoms with Crippen molar-refractivity contribution in [1.82, 2.24) is 14.5 Å². The summed E-state index contributed by atoms with van der Waals surface area (Å²) in [6, 6.07) is 0. The lowest BCUT2D eigenvalue weighted by molar-refractivity contribution is 0.380. The summed E-state index contributed by atoms with van der Waals surface area (Å²) in [5.74, 6) is 0. The van der Waals surface area contributed by atoms with E-state index in [-0.39, 0.29) is 0 Å². The van der Waals surface area contributed by atoms with Gasteiger partial charge in [0, 0.05) is 13.1 Å². The average Bonchev–Trinajstić information content (AvgIpc) is 2.24. The molecule has 3 nitrogen and oxygen atoms in total. The molecule has 0 spiro atoms. The first-order chi connectivity index (χ1) is 6.02. The molecule has 1 aromatic rings. The molecule has 0 aliphatic rings. The van der Waals surface area contributed by atoms with Gasteiger partial charge in [0.1, 0.15) is 9.21 Å². The third-order valence-corrected chi connectivity index (χ3v) is 4.09. The Labute approximate surface area is 103 Å². The third kappa shape index (κ3) is 3.04. The van der Waals surface area contributed by atoms with Gasteiger partial charge in [0.05, 0.1) is 0 Å². The van der Waals surface area contributed by atoms with Crippen LogP contribution < -0.4 is 0 Å². The van der Waals surface area contributed by atoms with Crippen LogP contribution in [0.3, 0.4) is 0 Å². The summed E-state index contributed by atoms with van der Waals surface area (Å²) in [6.07, 6.45) is 0. The number of nitrogens with zero attached hydrogens (tertiary/aromatic N) is 3. The SMILES string of the molecule is CN(C)CCn1c(Br)nc(Br)c1Br. The molecular formula is C7H10Br3N3. The number of aromatic nitrogens is 2. The lowest BCUT2D eigenvalue weighted by atomic mass is 10.6. The molecule has 0 aromatic carbocycles. The Bertz CT molecular complexity index is 295. The number of halogens is 3. The molecule has 74 valence electrons. The van der Waals surface area contributed by atoms with E-state index in [4.69, 9.17) is 0 Å². The summed E-state index contributed by atoms with van der Waals surface area (Å²) in [4.78, 5) is 6.35. The molecule has 0 aliphatic carbocycles. The molecule has 0 amide bonds. The molecule has 0 bridgehead atoms. The van der Waals surface area contributed by atoms with Gasteiger partial charge in [-0.3, -0.25) is 0 Å². The molecule has 0 aliphatic heterocycles. The van der Waals surface area contributed by atoms with E-state index in [1.807, 2.05) is 14.1 Å². The zero-order valence-electron chi connectivity index (χ0n) is 7.39. The number of rotatable bonds is 3. The van der Waals surface area contributed by atoms with Crippen molar-refractivity contribution in [3.63, 3.8) is 0 Å². The first kappa shape index (κ1) is 11.7. The fraction of sp³-hybridized carbons (Fsp3) is 0.571. The number of hydrogen-bond acceptors (Lipinski definition) is 2. The first-order valence-corrected chi connectivity index (χ1v) is 6.12. The summed E-state index contributed by atoms with van der Waals surface area (Å²) < 4.78 is 4.71. The van der Waals surface area contributed by atoms with E-state index in [2.05, 4.69) is 62.2 Å². The molecule has 0 saturated heterocycles. The maximum absolute atomic E-state index is 4.22. The standard InChI is InChI=1S/C7H10Br3N3/c1-12(2)3-4-13-6(9)5(8)11-7(13)10/h3-4H2,1-2H3. The zero-order valence-corrected chi connectivity index (χ0v) is 12.1.